The molecule has 1 N–H and O–H groups in total. The first-order valence-corrected chi connectivity index (χ1v) is 11.8. The van der Waals surface area contributed by atoms with Crippen molar-refractivity contribution in [2.45, 2.75) is 37.6 Å². The Balaban J connectivity index is 1.55. The number of fused-ring (bicyclic) bond motifs is 3. The Hall–Kier alpha value is -3.80. The molecule has 2 aliphatic heterocycles. The molecule has 0 spiro atoms. The third-order valence-corrected chi connectivity index (χ3v) is 7.12. The van der Waals surface area contributed by atoms with Crippen LogP contribution in [0.1, 0.15) is 57.4 Å². The van der Waals surface area contributed by atoms with Crippen LogP contribution < -0.4 is 14.4 Å². The summed E-state index contributed by atoms with van der Waals surface area (Å²) in [5.41, 5.74) is 4.95. The molecule has 0 unspecified atom stereocenters. The van der Waals surface area contributed by atoms with Crippen molar-refractivity contribution in [2.75, 3.05) is 18.1 Å². The number of hydrogen-bond donors (Lipinski definition) is 1. The van der Waals surface area contributed by atoms with Gasteiger partial charge in [0.05, 0.1) is 6.04 Å². The minimum atomic E-state index is -0.970. The zero-order chi connectivity index (χ0) is 23.2. The molecule has 0 radical (unpaired) electrons. The minimum Gasteiger partial charge on any atom is -0.486 e. The van der Waals surface area contributed by atoms with Gasteiger partial charge in [0.1, 0.15) is 19.1 Å². The monoisotopic (exact) mass is 455 g/mol. The van der Waals surface area contributed by atoms with Gasteiger partial charge in [0.15, 0.2) is 11.5 Å². The summed E-state index contributed by atoms with van der Waals surface area (Å²) in [7, 11) is 0. The number of aliphatic carboxylic acids is 1. The Morgan fingerprint density at radius 2 is 1.65 bits per heavy atom. The van der Waals surface area contributed by atoms with Crippen molar-refractivity contribution in [3.63, 3.8) is 0 Å². The van der Waals surface area contributed by atoms with Crippen LogP contribution in [0.25, 0.3) is 0 Å². The number of ether oxygens (including phenoxy) is 2. The second-order valence-electron chi connectivity index (χ2n) is 9.09. The highest BCUT2D eigenvalue weighted by Crippen LogP contribution is 2.47. The summed E-state index contributed by atoms with van der Waals surface area (Å²) < 4.78 is 11.5. The van der Waals surface area contributed by atoms with E-state index in [4.69, 9.17) is 9.47 Å². The Morgan fingerprint density at radius 3 is 2.47 bits per heavy atom. The molecule has 0 aromatic heterocycles. The maximum atomic E-state index is 13.9. The number of benzene rings is 3. The number of amides is 1. The Labute approximate surface area is 197 Å². The summed E-state index contributed by atoms with van der Waals surface area (Å²) in [4.78, 5) is 28.3. The van der Waals surface area contributed by atoms with Gasteiger partial charge in [-0.3, -0.25) is 14.5 Å². The molecule has 3 aromatic carbocycles. The van der Waals surface area contributed by atoms with E-state index in [1.807, 2.05) is 18.2 Å². The van der Waals surface area contributed by atoms with Gasteiger partial charge in [-0.2, -0.15) is 0 Å². The first kappa shape index (κ1) is 20.8. The standard InChI is InChI=1S/C28H25NO5/c30-27-22-8-4-3-7-21(22)25(28(31)32)26(19-10-12-23-24(16-19)34-14-13-33-23)29(27)20-11-9-17-5-1-2-6-18(17)15-20/h3-4,7-12,15-16,25-26H,1-2,5-6,13-14H2,(H,31,32)/t25-,26-/m1/s1. The average molecular weight is 456 g/mol. The Morgan fingerprint density at radius 1 is 0.882 bits per heavy atom. The lowest BCUT2D eigenvalue weighted by Crippen LogP contribution is -2.45. The number of carbonyl (C=O) groups excluding carboxylic acids is 1. The molecule has 1 amide bonds. The lowest BCUT2D eigenvalue weighted by atomic mass is 9.79. The molecule has 2 heterocycles. The maximum Gasteiger partial charge on any atom is 0.313 e. The van der Waals surface area contributed by atoms with Gasteiger partial charge >= 0.3 is 5.97 Å². The molecule has 3 aromatic rings. The van der Waals surface area contributed by atoms with E-state index in [0.717, 1.165) is 24.9 Å². The highest BCUT2D eigenvalue weighted by molar-refractivity contribution is 6.11. The van der Waals surface area contributed by atoms with Crippen molar-refractivity contribution in [3.8, 4) is 11.5 Å². The molecule has 1 aliphatic carbocycles. The van der Waals surface area contributed by atoms with Gasteiger partial charge < -0.3 is 14.6 Å². The predicted octanol–water partition coefficient (Wildman–Crippen LogP) is 4.91. The van der Waals surface area contributed by atoms with Gasteiger partial charge in [-0.25, -0.2) is 0 Å². The number of rotatable bonds is 3. The Kier molecular flexibility index (Phi) is 5.01. The normalized spacial score (nSPS) is 20.9. The number of nitrogens with zero attached hydrogens (tertiary/aromatic N) is 1. The minimum absolute atomic E-state index is 0.191. The second kappa shape index (κ2) is 8.20. The van der Waals surface area contributed by atoms with Crippen LogP contribution >= 0.6 is 0 Å². The van der Waals surface area contributed by atoms with Gasteiger partial charge in [0, 0.05) is 11.3 Å². The van der Waals surface area contributed by atoms with Gasteiger partial charge in [-0.15, -0.1) is 0 Å². The molecule has 0 fully saturated rings. The topological polar surface area (TPSA) is 76.1 Å². The van der Waals surface area contributed by atoms with Gasteiger partial charge in [0.2, 0.25) is 0 Å². The predicted molar refractivity (Wildman–Crippen MR) is 127 cm³/mol. The van der Waals surface area contributed by atoms with E-state index in [9.17, 15) is 14.7 Å². The number of aryl methyl sites for hydroxylation is 2. The van der Waals surface area contributed by atoms with Crippen LogP contribution in [0.15, 0.2) is 60.7 Å². The summed E-state index contributed by atoms with van der Waals surface area (Å²) in [6, 6.07) is 17.9. The summed E-state index contributed by atoms with van der Waals surface area (Å²) in [6.45, 7) is 0.903. The van der Waals surface area contributed by atoms with Crippen molar-refractivity contribution >= 4 is 17.6 Å². The molecular formula is C28H25NO5. The van der Waals surface area contributed by atoms with Crippen LogP contribution in [0.4, 0.5) is 5.69 Å². The highest BCUT2D eigenvalue weighted by atomic mass is 16.6. The number of carbonyl (C=O) groups is 2. The highest BCUT2D eigenvalue weighted by Gasteiger charge is 2.45. The zero-order valence-electron chi connectivity index (χ0n) is 18.7. The molecule has 0 bridgehead atoms. The van der Waals surface area contributed by atoms with E-state index in [1.54, 1.807) is 35.2 Å². The van der Waals surface area contributed by atoms with Crippen LogP contribution in [0, 0.1) is 0 Å². The van der Waals surface area contributed by atoms with Gasteiger partial charge in [-0.1, -0.05) is 30.3 Å². The van der Waals surface area contributed by atoms with Crippen molar-refractivity contribution in [3.05, 3.63) is 88.5 Å². The summed E-state index contributed by atoms with van der Waals surface area (Å²) in [5, 5.41) is 10.4. The number of carboxylic acids is 1. The average Bonchev–Trinajstić information content (AvgIpc) is 2.88. The fourth-order valence-corrected chi connectivity index (χ4v) is 5.54. The van der Waals surface area contributed by atoms with E-state index < -0.39 is 17.9 Å². The van der Waals surface area contributed by atoms with Crippen LogP contribution in [0.2, 0.25) is 0 Å². The smallest absolute Gasteiger partial charge is 0.313 e. The van der Waals surface area contributed by atoms with Crippen molar-refractivity contribution in [1.29, 1.82) is 0 Å². The molecule has 0 saturated heterocycles. The van der Waals surface area contributed by atoms with Crippen LogP contribution in [0.5, 0.6) is 11.5 Å². The molecule has 6 rings (SSSR count). The van der Waals surface area contributed by atoms with Crippen LogP contribution in [0.3, 0.4) is 0 Å². The zero-order valence-corrected chi connectivity index (χ0v) is 18.7. The quantitative estimate of drug-likeness (QED) is 0.608. The second-order valence-corrected chi connectivity index (χ2v) is 9.09. The fourth-order valence-electron chi connectivity index (χ4n) is 5.54. The van der Waals surface area contributed by atoms with Gasteiger partial charge in [-0.05, 0) is 78.3 Å². The van der Waals surface area contributed by atoms with E-state index in [0.29, 0.717) is 41.4 Å². The number of hydrogen-bond acceptors (Lipinski definition) is 4. The molecule has 34 heavy (non-hydrogen) atoms. The van der Waals surface area contributed by atoms with E-state index in [1.165, 1.54) is 17.5 Å². The van der Waals surface area contributed by atoms with E-state index in [-0.39, 0.29) is 5.91 Å². The largest absolute Gasteiger partial charge is 0.486 e. The first-order chi connectivity index (χ1) is 16.6. The lowest BCUT2D eigenvalue weighted by Gasteiger charge is -2.41. The number of anilines is 1. The molecule has 6 nitrogen and oxygen atoms in total. The van der Waals surface area contributed by atoms with Crippen molar-refractivity contribution in [2.24, 2.45) is 0 Å². The first-order valence-electron chi connectivity index (χ1n) is 11.8. The van der Waals surface area contributed by atoms with Crippen LogP contribution in [-0.4, -0.2) is 30.2 Å². The molecule has 3 aliphatic rings. The van der Waals surface area contributed by atoms with Crippen LogP contribution in [-0.2, 0) is 17.6 Å². The van der Waals surface area contributed by atoms with E-state index in [2.05, 4.69) is 12.1 Å². The lowest BCUT2D eigenvalue weighted by molar-refractivity contribution is -0.139. The molecule has 172 valence electrons. The molecular weight excluding hydrogens is 430 g/mol. The fraction of sp³-hybridized carbons (Fsp3) is 0.286. The Bertz CT molecular complexity index is 1300. The van der Waals surface area contributed by atoms with E-state index >= 15 is 0 Å². The summed E-state index contributed by atoms with van der Waals surface area (Å²) >= 11 is 0. The third kappa shape index (κ3) is 3.33. The third-order valence-electron chi connectivity index (χ3n) is 7.12. The maximum absolute atomic E-state index is 13.9. The summed E-state index contributed by atoms with van der Waals surface area (Å²) in [6.07, 6.45) is 4.30. The van der Waals surface area contributed by atoms with Gasteiger partial charge in [0.25, 0.3) is 5.91 Å². The molecule has 0 saturated carbocycles. The summed E-state index contributed by atoms with van der Waals surface area (Å²) in [5.74, 6) is -0.881. The SMILES string of the molecule is O=C(O)[C@@H]1c2ccccc2C(=O)N(c2ccc3c(c2)CCCC3)[C@@H]1c1ccc2c(c1)OCCO2. The number of carboxylic acid groups (broad SMARTS) is 1. The molecule has 2 atom stereocenters. The molecule has 6 heteroatoms. The van der Waals surface area contributed by atoms with Crippen molar-refractivity contribution in [1.82, 2.24) is 0 Å². The van der Waals surface area contributed by atoms with Crippen molar-refractivity contribution < 1.29 is 24.2 Å².